The Bertz CT molecular complexity index is 325. The molecule has 0 fully saturated rings. The first kappa shape index (κ1) is 11.1. The van der Waals surface area contributed by atoms with Crippen LogP contribution in [0.5, 0.6) is 0 Å². The molecule has 82 valence electrons. The lowest BCUT2D eigenvalue weighted by Gasteiger charge is -2.18. The summed E-state index contributed by atoms with van der Waals surface area (Å²) < 4.78 is 0. The maximum Gasteiger partial charge on any atom is 0.404 e. The fourth-order valence-electron chi connectivity index (χ4n) is 1.08. The van der Waals surface area contributed by atoms with Crippen molar-refractivity contribution in [2.75, 3.05) is 30.8 Å². The van der Waals surface area contributed by atoms with Crippen molar-refractivity contribution >= 4 is 17.6 Å². The Labute approximate surface area is 87.7 Å². The van der Waals surface area contributed by atoms with Crippen LogP contribution in [0.25, 0.3) is 0 Å². The Morgan fingerprint density at radius 1 is 1.67 bits per heavy atom. The molecule has 1 rings (SSSR count). The summed E-state index contributed by atoms with van der Waals surface area (Å²) in [5.41, 5.74) is 6.35. The first-order valence-electron chi connectivity index (χ1n) is 4.49. The van der Waals surface area contributed by atoms with Gasteiger partial charge >= 0.3 is 6.09 Å². The quantitative estimate of drug-likeness (QED) is 0.667. The molecule has 6 nitrogen and oxygen atoms in total. The normalized spacial score (nSPS) is 9.67. The first-order chi connectivity index (χ1) is 7.09. The van der Waals surface area contributed by atoms with Crippen LogP contribution < -0.4 is 16.0 Å². The van der Waals surface area contributed by atoms with Crippen molar-refractivity contribution in [1.29, 1.82) is 0 Å². The zero-order valence-electron chi connectivity index (χ0n) is 8.47. The molecule has 1 aromatic rings. The van der Waals surface area contributed by atoms with Crippen molar-refractivity contribution in [3.63, 3.8) is 0 Å². The average Bonchev–Trinajstić information content (AvgIpc) is 2.18. The largest absolute Gasteiger partial charge is 0.465 e. The fourth-order valence-corrected chi connectivity index (χ4v) is 1.08. The molecular weight excluding hydrogens is 196 g/mol. The molecule has 0 bridgehead atoms. The van der Waals surface area contributed by atoms with E-state index < -0.39 is 6.09 Å². The predicted octanol–water partition coefficient (Wildman–Crippen LogP) is 0.368. The molecule has 0 saturated heterocycles. The molecule has 0 atom stereocenters. The molecule has 1 heterocycles. The van der Waals surface area contributed by atoms with Gasteiger partial charge in [0.05, 0.1) is 11.9 Å². The van der Waals surface area contributed by atoms with Crippen LogP contribution in [0.4, 0.5) is 16.3 Å². The minimum Gasteiger partial charge on any atom is -0.465 e. The van der Waals surface area contributed by atoms with Gasteiger partial charge in [0.25, 0.3) is 0 Å². The van der Waals surface area contributed by atoms with Gasteiger partial charge in [-0.1, -0.05) is 0 Å². The number of nitrogens with two attached hydrogens (primary N) is 1. The summed E-state index contributed by atoms with van der Waals surface area (Å²) in [7, 11) is 1.86. The van der Waals surface area contributed by atoms with E-state index in [1.54, 1.807) is 12.3 Å². The third-order valence-electron chi connectivity index (χ3n) is 1.93. The smallest absolute Gasteiger partial charge is 0.404 e. The fraction of sp³-hybridized carbons (Fsp3) is 0.333. The molecule has 0 unspecified atom stereocenters. The summed E-state index contributed by atoms with van der Waals surface area (Å²) in [6.45, 7) is 0.952. The second-order valence-corrected chi connectivity index (χ2v) is 3.09. The Balaban J connectivity index is 2.43. The molecule has 0 spiro atoms. The maximum absolute atomic E-state index is 10.2. The molecule has 0 saturated carbocycles. The Morgan fingerprint density at radius 2 is 2.40 bits per heavy atom. The molecule has 0 aliphatic rings. The van der Waals surface area contributed by atoms with Crippen molar-refractivity contribution in [2.45, 2.75) is 0 Å². The lowest BCUT2D eigenvalue weighted by molar-refractivity contribution is 0.195. The van der Waals surface area contributed by atoms with E-state index in [0.717, 1.165) is 5.69 Å². The van der Waals surface area contributed by atoms with E-state index in [2.05, 4.69) is 10.3 Å². The molecular formula is C9H14N4O2. The SMILES string of the molecule is CN(CCNC(=O)O)c1ccc(N)nc1. The van der Waals surface area contributed by atoms with E-state index in [-0.39, 0.29) is 0 Å². The van der Waals surface area contributed by atoms with Gasteiger partial charge < -0.3 is 21.1 Å². The summed E-state index contributed by atoms with van der Waals surface area (Å²) in [5, 5.41) is 10.7. The van der Waals surface area contributed by atoms with Crippen molar-refractivity contribution in [1.82, 2.24) is 10.3 Å². The minimum absolute atomic E-state index is 0.371. The highest BCUT2D eigenvalue weighted by Crippen LogP contribution is 2.10. The van der Waals surface area contributed by atoms with Gasteiger partial charge in [0.2, 0.25) is 0 Å². The highest BCUT2D eigenvalue weighted by molar-refractivity contribution is 5.64. The second kappa shape index (κ2) is 5.04. The summed E-state index contributed by atoms with van der Waals surface area (Å²) in [5.74, 6) is 0.468. The number of aromatic nitrogens is 1. The molecule has 1 aromatic heterocycles. The lowest BCUT2D eigenvalue weighted by Crippen LogP contribution is -2.31. The molecule has 0 aromatic carbocycles. The van der Waals surface area contributed by atoms with Crippen LogP contribution >= 0.6 is 0 Å². The van der Waals surface area contributed by atoms with Gasteiger partial charge in [-0.15, -0.1) is 0 Å². The third-order valence-corrected chi connectivity index (χ3v) is 1.93. The van der Waals surface area contributed by atoms with Gasteiger partial charge in [-0.25, -0.2) is 9.78 Å². The lowest BCUT2D eigenvalue weighted by atomic mass is 10.3. The van der Waals surface area contributed by atoms with E-state index in [4.69, 9.17) is 10.8 Å². The molecule has 6 heteroatoms. The molecule has 4 N–H and O–H groups in total. The number of pyridine rings is 1. The number of nitrogen functional groups attached to an aromatic ring is 1. The van der Waals surface area contributed by atoms with E-state index in [0.29, 0.717) is 18.9 Å². The zero-order chi connectivity index (χ0) is 11.3. The van der Waals surface area contributed by atoms with Gasteiger partial charge in [0.1, 0.15) is 5.82 Å². The van der Waals surface area contributed by atoms with Crippen LogP contribution in [-0.2, 0) is 0 Å². The third kappa shape index (κ3) is 3.72. The zero-order valence-corrected chi connectivity index (χ0v) is 8.47. The minimum atomic E-state index is -1.01. The van der Waals surface area contributed by atoms with Crippen LogP contribution in [-0.4, -0.2) is 36.3 Å². The highest BCUT2D eigenvalue weighted by atomic mass is 16.4. The number of likely N-dealkylation sites (N-methyl/N-ethyl adjacent to an activating group) is 1. The van der Waals surface area contributed by atoms with Gasteiger partial charge in [0.15, 0.2) is 0 Å². The molecule has 15 heavy (non-hydrogen) atoms. The molecule has 1 amide bonds. The second-order valence-electron chi connectivity index (χ2n) is 3.09. The van der Waals surface area contributed by atoms with Crippen molar-refractivity contribution in [3.8, 4) is 0 Å². The summed E-state index contributed by atoms with van der Waals surface area (Å²) in [6.07, 6.45) is 0.634. The summed E-state index contributed by atoms with van der Waals surface area (Å²) in [6, 6.07) is 3.54. The predicted molar refractivity (Wildman–Crippen MR) is 57.9 cm³/mol. The van der Waals surface area contributed by atoms with E-state index >= 15 is 0 Å². The first-order valence-corrected chi connectivity index (χ1v) is 4.49. The average molecular weight is 210 g/mol. The number of nitrogens with zero attached hydrogens (tertiary/aromatic N) is 2. The van der Waals surface area contributed by atoms with Gasteiger partial charge in [-0.2, -0.15) is 0 Å². The number of nitrogens with one attached hydrogen (secondary N) is 1. The van der Waals surface area contributed by atoms with Crippen LogP contribution in [0, 0.1) is 0 Å². The molecule has 0 radical (unpaired) electrons. The van der Waals surface area contributed by atoms with Crippen molar-refractivity contribution < 1.29 is 9.90 Å². The van der Waals surface area contributed by atoms with E-state index in [1.807, 2.05) is 18.0 Å². The van der Waals surface area contributed by atoms with Crippen LogP contribution in [0.15, 0.2) is 18.3 Å². The Kier molecular flexibility index (Phi) is 3.73. The molecule has 0 aliphatic heterocycles. The highest BCUT2D eigenvalue weighted by Gasteiger charge is 2.01. The topological polar surface area (TPSA) is 91.5 Å². The number of rotatable bonds is 4. The van der Waals surface area contributed by atoms with Crippen molar-refractivity contribution in [2.24, 2.45) is 0 Å². The number of hydrogen-bond donors (Lipinski definition) is 3. The number of carboxylic acid groups (broad SMARTS) is 1. The summed E-state index contributed by atoms with van der Waals surface area (Å²) >= 11 is 0. The van der Waals surface area contributed by atoms with E-state index in [9.17, 15) is 4.79 Å². The molecule has 0 aliphatic carbocycles. The van der Waals surface area contributed by atoms with Crippen LogP contribution in [0.3, 0.4) is 0 Å². The number of anilines is 2. The van der Waals surface area contributed by atoms with Gasteiger partial charge in [-0.05, 0) is 12.1 Å². The number of hydrogen-bond acceptors (Lipinski definition) is 4. The maximum atomic E-state index is 10.2. The number of amides is 1. The van der Waals surface area contributed by atoms with Crippen LogP contribution in [0.1, 0.15) is 0 Å². The standard InChI is InChI=1S/C9H14N4O2/c1-13(5-4-11-9(14)15)7-2-3-8(10)12-6-7/h2-3,6,11H,4-5H2,1H3,(H2,10,12)(H,14,15). The van der Waals surface area contributed by atoms with Crippen molar-refractivity contribution in [3.05, 3.63) is 18.3 Å². The van der Waals surface area contributed by atoms with Gasteiger partial charge in [0, 0.05) is 20.1 Å². The Hall–Kier alpha value is -1.98. The summed E-state index contributed by atoms with van der Waals surface area (Å²) in [4.78, 5) is 16.0. The van der Waals surface area contributed by atoms with Crippen LogP contribution in [0.2, 0.25) is 0 Å². The Morgan fingerprint density at radius 3 is 2.93 bits per heavy atom. The van der Waals surface area contributed by atoms with E-state index in [1.165, 1.54) is 0 Å². The monoisotopic (exact) mass is 210 g/mol. The number of carbonyl (C=O) groups is 1. The van der Waals surface area contributed by atoms with Gasteiger partial charge in [-0.3, -0.25) is 0 Å².